The van der Waals surface area contributed by atoms with Crippen molar-refractivity contribution in [2.75, 3.05) is 6.54 Å². The fourth-order valence-corrected chi connectivity index (χ4v) is 2.30. The van der Waals surface area contributed by atoms with Gasteiger partial charge in [-0.15, -0.1) is 0 Å². The zero-order chi connectivity index (χ0) is 9.86. The van der Waals surface area contributed by atoms with Gasteiger partial charge in [-0.05, 0) is 37.9 Å². The van der Waals surface area contributed by atoms with Gasteiger partial charge in [-0.2, -0.15) is 0 Å². The lowest BCUT2D eigenvalue weighted by molar-refractivity contribution is 0.356. The van der Waals surface area contributed by atoms with Crippen LogP contribution in [0.2, 0.25) is 0 Å². The highest BCUT2D eigenvalue weighted by Crippen LogP contribution is 2.26. The summed E-state index contributed by atoms with van der Waals surface area (Å²) >= 11 is 0. The van der Waals surface area contributed by atoms with E-state index in [-0.39, 0.29) is 0 Å². The predicted molar refractivity (Wildman–Crippen MR) is 58.2 cm³/mol. The summed E-state index contributed by atoms with van der Waals surface area (Å²) in [6.45, 7) is 3.43. The van der Waals surface area contributed by atoms with E-state index in [1.165, 1.54) is 31.5 Å². The Morgan fingerprint density at radius 3 is 3.00 bits per heavy atom. The summed E-state index contributed by atoms with van der Waals surface area (Å²) in [6.07, 6.45) is 6.75. The Morgan fingerprint density at radius 2 is 2.43 bits per heavy atom. The lowest BCUT2D eigenvalue weighted by Gasteiger charge is -2.27. The first-order valence-corrected chi connectivity index (χ1v) is 5.50. The van der Waals surface area contributed by atoms with Crippen LogP contribution in [0, 0.1) is 0 Å². The number of aromatic nitrogens is 1. The monoisotopic (exact) mass is 190 g/mol. The quantitative estimate of drug-likeness (QED) is 0.790. The van der Waals surface area contributed by atoms with Crippen LogP contribution in [-0.2, 0) is 6.42 Å². The second-order valence-electron chi connectivity index (χ2n) is 4.16. The molecule has 0 saturated carbocycles. The predicted octanol–water partition coefficient (Wildman–Crippen LogP) is 2.16. The van der Waals surface area contributed by atoms with Gasteiger partial charge in [0, 0.05) is 23.9 Å². The number of nitrogens with one attached hydrogen (secondary N) is 1. The molecule has 76 valence electrons. The van der Waals surface area contributed by atoms with E-state index in [9.17, 15) is 0 Å². The molecule has 1 saturated heterocycles. The summed E-state index contributed by atoms with van der Waals surface area (Å²) in [4.78, 5) is 4.40. The van der Waals surface area contributed by atoms with E-state index in [1.807, 2.05) is 12.3 Å². The Kier molecular flexibility index (Phi) is 2.82. The van der Waals surface area contributed by atoms with E-state index in [2.05, 4.69) is 29.4 Å². The van der Waals surface area contributed by atoms with Crippen molar-refractivity contribution in [1.29, 1.82) is 0 Å². The van der Waals surface area contributed by atoms with Crippen LogP contribution in [0.5, 0.6) is 0 Å². The van der Waals surface area contributed by atoms with Gasteiger partial charge in [0.15, 0.2) is 0 Å². The van der Waals surface area contributed by atoms with Crippen LogP contribution in [0.3, 0.4) is 0 Å². The molecule has 0 amide bonds. The van der Waals surface area contributed by atoms with Crippen molar-refractivity contribution in [3.63, 3.8) is 0 Å². The minimum Gasteiger partial charge on any atom is -0.311 e. The topological polar surface area (TPSA) is 24.9 Å². The second-order valence-corrected chi connectivity index (χ2v) is 4.16. The van der Waals surface area contributed by atoms with Crippen molar-refractivity contribution in [1.82, 2.24) is 10.3 Å². The highest BCUT2D eigenvalue weighted by molar-refractivity contribution is 5.09. The molecule has 2 heterocycles. The Labute approximate surface area is 85.7 Å². The standard InChI is InChI=1S/C12H18N2/c1-2-12(7-5-9-14-12)10-11-6-3-4-8-13-11/h3-4,6,8,14H,2,5,7,9-10H2,1H3. The van der Waals surface area contributed by atoms with Gasteiger partial charge in [-0.3, -0.25) is 4.98 Å². The van der Waals surface area contributed by atoms with Crippen molar-refractivity contribution >= 4 is 0 Å². The van der Waals surface area contributed by atoms with E-state index in [0.717, 1.165) is 6.42 Å². The molecule has 0 radical (unpaired) electrons. The second kappa shape index (κ2) is 4.09. The summed E-state index contributed by atoms with van der Waals surface area (Å²) in [5, 5.41) is 3.63. The highest BCUT2D eigenvalue weighted by Gasteiger charge is 2.31. The summed E-state index contributed by atoms with van der Waals surface area (Å²) in [5.41, 5.74) is 1.54. The minimum atomic E-state index is 0.328. The van der Waals surface area contributed by atoms with Gasteiger partial charge in [0.25, 0.3) is 0 Å². The Hall–Kier alpha value is -0.890. The Bertz CT molecular complexity index is 276. The molecule has 1 aliphatic rings. The van der Waals surface area contributed by atoms with Crippen LogP contribution in [-0.4, -0.2) is 17.1 Å². The molecule has 1 aromatic heterocycles. The maximum atomic E-state index is 4.40. The van der Waals surface area contributed by atoms with E-state index in [1.54, 1.807) is 0 Å². The first-order valence-electron chi connectivity index (χ1n) is 5.50. The molecule has 1 atom stereocenters. The third-order valence-corrected chi connectivity index (χ3v) is 3.25. The van der Waals surface area contributed by atoms with Gasteiger partial charge in [-0.1, -0.05) is 13.0 Å². The van der Waals surface area contributed by atoms with Crippen molar-refractivity contribution in [2.45, 2.75) is 38.1 Å². The normalized spacial score (nSPS) is 26.6. The summed E-state index contributed by atoms with van der Waals surface area (Å²) in [7, 11) is 0. The van der Waals surface area contributed by atoms with Gasteiger partial charge in [-0.25, -0.2) is 0 Å². The minimum absolute atomic E-state index is 0.328. The lowest BCUT2D eigenvalue weighted by atomic mass is 9.89. The molecular formula is C12H18N2. The molecule has 2 rings (SSSR count). The van der Waals surface area contributed by atoms with Crippen LogP contribution in [0.15, 0.2) is 24.4 Å². The number of rotatable bonds is 3. The van der Waals surface area contributed by atoms with Gasteiger partial charge < -0.3 is 5.32 Å². The molecule has 2 heteroatoms. The van der Waals surface area contributed by atoms with E-state index >= 15 is 0 Å². The third kappa shape index (κ3) is 1.95. The van der Waals surface area contributed by atoms with Crippen LogP contribution >= 0.6 is 0 Å². The van der Waals surface area contributed by atoms with Crippen LogP contribution in [0.25, 0.3) is 0 Å². The number of hydrogen-bond donors (Lipinski definition) is 1. The Balaban J connectivity index is 2.08. The lowest BCUT2D eigenvalue weighted by Crippen LogP contribution is -2.41. The van der Waals surface area contributed by atoms with E-state index < -0.39 is 0 Å². The number of pyridine rings is 1. The average Bonchev–Trinajstić information content (AvgIpc) is 2.69. The van der Waals surface area contributed by atoms with Crippen molar-refractivity contribution in [3.05, 3.63) is 30.1 Å². The molecule has 1 aromatic rings. The zero-order valence-corrected chi connectivity index (χ0v) is 8.79. The SMILES string of the molecule is CCC1(Cc2ccccn2)CCCN1. The first kappa shape index (κ1) is 9.66. The van der Waals surface area contributed by atoms with Crippen LogP contribution < -0.4 is 5.32 Å². The van der Waals surface area contributed by atoms with Gasteiger partial charge >= 0.3 is 0 Å². The molecule has 1 N–H and O–H groups in total. The van der Waals surface area contributed by atoms with Crippen LogP contribution in [0.1, 0.15) is 31.9 Å². The largest absolute Gasteiger partial charge is 0.311 e. The van der Waals surface area contributed by atoms with Crippen LogP contribution in [0.4, 0.5) is 0 Å². The molecule has 0 bridgehead atoms. The average molecular weight is 190 g/mol. The fourth-order valence-electron chi connectivity index (χ4n) is 2.30. The van der Waals surface area contributed by atoms with Gasteiger partial charge in [0.2, 0.25) is 0 Å². The Morgan fingerprint density at radius 1 is 1.50 bits per heavy atom. The molecule has 0 aliphatic carbocycles. The van der Waals surface area contributed by atoms with Crippen molar-refractivity contribution < 1.29 is 0 Å². The number of nitrogens with zero attached hydrogens (tertiary/aromatic N) is 1. The molecule has 0 aromatic carbocycles. The van der Waals surface area contributed by atoms with Gasteiger partial charge in [0.1, 0.15) is 0 Å². The molecule has 1 aliphatic heterocycles. The number of hydrogen-bond acceptors (Lipinski definition) is 2. The zero-order valence-electron chi connectivity index (χ0n) is 8.79. The van der Waals surface area contributed by atoms with Gasteiger partial charge in [0.05, 0.1) is 0 Å². The fraction of sp³-hybridized carbons (Fsp3) is 0.583. The molecule has 1 unspecified atom stereocenters. The molecular weight excluding hydrogens is 172 g/mol. The van der Waals surface area contributed by atoms with E-state index in [0.29, 0.717) is 5.54 Å². The summed E-state index contributed by atoms with van der Waals surface area (Å²) < 4.78 is 0. The smallest absolute Gasteiger partial charge is 0.0421 e. The highest BCUT2D eigenvalue weighted by atomic mass is 15.0. The summed E-state index contributed by atoms with van der Waals surface area (Å²) in [5.74, 6) is 0. The first-order chi connectivity index (χ1) is 6.85. The molecule has 1 fully saturated rings. The van der Waals surface area contributed by atoms with Crippen molar-refractivity contribution in [3.8, 4) is 0 Å². The maximum Gasteiger partial charge on any atom is 0.0421 e. The molecule has 14 heavy (non-hydrogen) atoms. The van der Waals surface area contributed by atoms with E-state index in [4.69, 9.17) is 0 Å². The summed E-state index contributed by atoms with van der Waals surface area (Å²) in [6, 6.07) is 6.17. The molecule has 0 spiro atoms. The van der Waals surface area contributed by atoms with Crippen molar-refractivity contribution in [2.24, 2.45) is 0 Å². The maximum absolute atomic E-state index is 4.40. The molecule has 2 nitrogen and oxygen atoms in total. The third-order valence-electron chi connectivity index (χ3n) is 3.25.